The van der Waals surface area contributed by atoms with Crippen molar-refractivity contribution in [1.82, 2.24) is 0 Å². The van der Waals surface area contributed by atoms with E-state index in [4.69, 9.17) is 24.3 Å². The topological polar surface area (TPSA) is 117 Å². The van der Waals surface area contributed by atoms with E-state index in [1.165, 1.54) is 109 Å². The molecule has 0 fully saturated rings. The Morgan fingerprint density at radius 2 is 0.848 bits per heavy atom. The molecule has 0 aliphatic carbocycles. The van der Waals surface area contributed by atoms with Crippen LogP contribution >= 0.6 is 7.82 Å². The molecule has 0 aromatic carbocycles. The van der Waals surface area contributed by atoms with Crippen molar-refractivity contribution >= 4 is 13.8 Å². The number of carbonyl (C=O) groups excluding carboxylic acids is 1. The van der Waals surface area contributed by atoms with Crippen molar-refractivity contribution in [2.75, 3.05) is 33.0 Å². The van der Waals surface area contributed by atoms with Gasteiger partial charge in [0.15, 0.2) is 0 Å². The van der Waals surface area contributed by atoms with Gasteiger partial charge in [-0.2, -0.15) is 0 Å². The lowest BCUT2D eigenvalue weighted by Crippen LogP contribution is -2.28. The van der Waals surface area contributed by atoms with Gasteiger partial charge in [0, 0.05) is 19.6 Å². The molecule has 0 aliphatic rings. The van der Waals surface area contributed by atoms with Crippen molar-refractivity contribution in [3.8, 4) is 0 Å². The summed E-state index contributed by atoms with van der Waals surface area (Å²) in [5.41, 5.74) is 5.39. The van der Waals surface area contributed by atoms with Crippen molar-refractivity contribution in [3.05, 3.63) is 97.2 Å². The van der Waals surface area contributed by atoms with Crippen LogP contribution in [0, 0.1) is 0 Å². The molecule has 3 N–H and O–H groups in total. The maximum absolute atomic E-state index is 12.7. The summed E-state index contributed by atoms with van der Waals surface area (Å²) in [5, 5.41) is 0. The third-order valence-corrected chi connectivity index (χ3v) is 12.0. The molecule has 0 aromatic heterocycles. The number of hydrogen-bond donors (Lipinski definition) is 2. The standard InChI is InChI=1S/C57H100NO7P/c1-3-5-7-9-11-13-15-17-19-21-23-25-26-27-28-29-31-33-35-37-39-41-43-45-47-49-52-62-54-56(55-64-66(60,61)63-53-51-58)65-57(59)50-48-46-44-42-40-38-36-34-32-30-24-22-20-18-16-14-12-10-8-6-4-2/h5,7,11,13,16-19,22-25,27-28,32,34,56H,3-4,6,8-10,12,14-15,20-21,26,29-31,33,35-55,58H2,1-2H3,(H,60,61)/b7-5-,13-11-,18-16-,19-17-,24-22-,25-23-,28-27-,34-32-. The molecule has 0 aromatic rings. The number of nitrogens with two attached hydrogens (primary N) is 1. The molecule has 0 bridgehead atoms. The van der Waals surface area contributed by atoms with Gasteiger partial charge in [0.2, 0.25) is 0 Å². The first-order valence-electron chi connectivity index (χ1n) is 26.7. The average Bonchev–Trinajstić information content (AvgIpc) is 3.31. The Morgan fingerprint density at radius 1 is 0.470 bits per heavy atom. The van der Waals surface area contributed by atoms with Gasteiger partial charge in [0.25, 0.3) is 0 Å². The largest absolute Gasteiger partial charge is 0.472 e. The Bertz CT molecular complexity index is 1330. The Balaban J connectivity index is 3.99. The normalized spacial score (nSPS) is 14.1. The molecule has 0 radical (unpaired) electrons. The molecule has 2 unspecified atom stereocenters. The molecule has 2 atom stereocenters. The maximum Gasteiger partial charge on any atom is 0.472 e. The molecule has 8 nitrogen and oxygen atoms in total. The highest BCUT2D eigenvalue weighted by molar-refractivity contribution is 7.47. The second kappa shape index (κ2) is 53.4. The second-order valence-electron chi connectivity index (χ2n) is 17.4. The van der Waals surface area contributed by atoms with Crippen LogP contribution in [-0.4, -0.2) is 49.9 Å². The third-order valence-electron chi connectivity index (χ3n) is 11.0. The van der Waals surface area contributed by atoms with Crippen LogP contribution in [0.4, 0.5) is 0 Å². The fourth-order valence-corrected chi connectivity index (χ4v) is 7.85. The van der Waals surface area contributed by atoms with Crippen LogP contribution in [0.1, 0.15) is 219 Å². The zero-order valence-corrected chi connectivity index (χ0v) is 43.3. The highest BCUT2D eigenvalue weighted by Gasteiger charge is 2.25. The number of phosphoric ester groups is 1. The first-order chi connectivity index (χ1) is 32.4. The fourth-order valence-electron chi connectivity index (χ4n) is 7.09. The van der Waals surface area contributed by atoms with Crippen LogP contribution in [-0.2, 0) is 27.9 Å². The first-order valence-corrected chi connectivity index (χ1v) is 28.2. The lowest BCUT2D eigenvalue weighted by Gasteiger charge is -2.20. The summed E-state index contributed by atoms with van der Waals surface area (Å²) >= 11 is 0. The minimum Gasteiger partial charge on any atom is -0.457 e. The van der Waals surface area contributed by atoms with E-state index in [1.807, 2.05) is 0 Å². The van der Waals surface area contributed by atoms with Crippen molar-refractivity contribution in [1.29, 1.82) is 0 Å². The molecule has 66 heavy (non-hydrogen) atoms. The Kier molecular flexibility index (Phi) is 51.3. The smallest absolute Gasteiger partial charge is 0.457 e. The van der Waals surface area contributed by atoms with Crippen LogP contribution in [0.5, 0.6) is 0 Å². The molecule has 0 rings (SSSR count). The van der Waals surface area contributed by atoms with Crippen LogP contribution in [0.25, 0.3) is 0 Å². The van der Waals surface area contributed by atoms with Crippen molar-refractivity contribution in [2.24, 2.45) is 5.73 Å². The highest BCUT2D eigenvalue weighted by Crippen LogP contribution is 2.43. The molecular weight excluding hydrogens is 842 g/mol. The summed E-state index contributed by atoms with van der Waals surface area (Å²) < 4.78 is 33.6. The van der Waals surface area contributed by atoms with Crippen LogP contribution < -0.4 is 5.73 Å². The molecule has 0 saturated heterocycles. The summed E-state index contributed by atoms with van der Waals surface area (Å²) in [5.74, 6) is -0.346. The molecule has 0 spiro atoms. The molecule has 0 heterocycles. The number of allylic oxidation sites excluding steroid dienone is 16. The second-order valence-corrected chi connectivity index (χ2v) is 18.8. The van der Waals surface area contributed by atoms with Crippen molar-refractivity contribution < 1.29 is 32.8 Å². The quantitative estimate of drug-likeness (QED) is 0.0268. The van der Waals surface area contributed by atoms with Gasteiger partial charge in [0.1, 0.15) is 6.10 Å². The van der Waals surface area contributed by atoms with E-state index in [0.29, 0.717) is 13.0 Å². The Morgan fingerprint density at radius 3 is 1.27 bits per heavy atom. The zero-order valence-electron chi connectivity index (χ0n) is 42.4. The number of hydrogen-bond acceptors (Lipinski definition) is 7. The predicted molar refractivity (Wildman–Crippen MR) is 284 cm³/mol. The summed E-state index contributed by atoms with van der Waals surface area (Å²) in [7, 11) is -4.30. The lowest BCUT2D eigenvalue weighted by molar-refractivity contribution is -0.154. The van der Waals surface area contributed by atoms with Gasteiger partial charge in [0.05, 0.1) is 19.8 Å². The van der Waals surface area contributed by atoms with E-state index in [0.717, 1.165) is 89.9 Å². The maximum atomic E-state index is 12.7. The number of unbranched alkanes of at least 4 members (excludes halogenated alkanes) is 21. The number of carbonyl (C=O) groups is 1. The van der Waals surface area contributed by atoms with E-state index in [1.54, 1.807) is 0 Å². The van der Waals surface area contributed by atoms with E-state index in [2.05, 4.69) is 111 Å². The Labute approximate surface area is 406 Å². The lowest BCUT2D eigenvalue weighted by atomic mass is 10.1. The van der Waals surface area contributed by atoms with E-state index < -0.39 is 13.9 Å². The summed E-state index contributed by atoms with van der Waals surface area (Å²) in [6.45, 7) is 4.77. The Hall–Kier alpha value is -2.58. The molecular formula is C57H100NO7P. The minimum atomic E-state index is -4.30. The molecule has 0 aliphatic heterocycles. The van der Waals surface area contributed by atoms with Gasteiger partial charge in [-0.05, 0) is 96.3 Å². The average molecular weight is 942 g/mol. The van der Waals surface area contributed by atoms with Gasteiger partial charge in [-0.15, -0.1) is 0 Å². The van der Waals surface area contributed by atoms with Crippen molar-refractivity contribution in [2.45, 2.75) is 225 Å². The molecule has 9 heteroatoms. The summed E-state index contributed by atoms with van der Waals surface area (Å²) in [4.78, 5) is 22.6. The molecule has 0 saturated carbocycles. The van der Waals surface area contributed by atoms with E-state index in [-0.39, 0.29) is 32.3 Å². The first kappa shape index (κ1) is 63.4. The summed E-state index contributed by atoms with van der Waals surface area (Å²) in [6, 6.07) is 0. The van der Waals surface area contributed by atoms with Gasteiger partial charge in [-0.3, -0.25) is 13.8 Å². The fraction of sp³-hybridized carbons (Fsp3) is 0.702. The van der Waals surface area contributed by atoms with Crippen LogP contribution in [0.2, 0.25) is 0 Å². The van der Waals surface area contributed by atoms with E-state index >= 15 is 0 Å². The van der Waals surface area contributed by atoms with Crippen LogP contribution in [0.15, 0.2) is 97.2 Å². The summed E-state index contributed by atoms with van der Waals surface area (Å²) in [6.07, 6.45) is 71.5. The molecule has 380 valence electrons. The van der Waals surface area contributed by atoms with Gasteiger partial charge >= 0.3 is 13.8 Å². The van der Waals surface area contributed by atoms with Crippen LogP contribution in [0.3, 0.4) is 0 Å². The van der Waals surface area contributed by atoms with Gasteiger partial charge in [-0.1, -0.05) is 214 Å². The number of rotatable bonds is 50. The number of ether oxygens (including phenoxy) is 2. The van der Waals surface area contributed by atoms with Crippen molar-refractivity contribution in [3.63, 3.8) is 0 Å². The van der Waals surface area contributed by atoms with E-state index in [9.17, 15) is 14.3 Å². The van der Waals surface area contributed by atoms with Gasteiger partial charge < -0.3 is 20.1 Å². The number of phosphoric acid groups is 1. The monoisotopic (exact) mass is 942 g/mol. The van der Waals surface area contributed by atoms with Gasteiger partial charge in [-0.25, -0.2) is 4.57 Å². The molecule has 0 amide bonds. The minimum absolute atomic E-state index is 0.0924. The predicted octanol–water partition coefficient (Wildman–Crippen LogP) is 17.0. The third kappa shape index (κ3) is 52.4. The SMILES string of the molecule is CC/C=C\C/C=C\C/C=C\C/C=C\C/C=C\CCCCCCCCCCCCOCC(COP(=O)(O)OCCN)OC(=O)CCCCCCCC/C=C\C/C=C\C/C=C\CCCCCCC. The highest BCUT2D eigenvalue weighted by atomic mass is 31.2. The number of esters is 1. The zero-order chi connectivity index (χ0) is 48.0.